The number of nitrogens with one attached hydrogen (secondary N) is 1. The molecule has 0 aromatic heterocycles. The maximum Gasteiger partial charge on any atom is 0.225 e. The van der Waals surface area contributed by atoms with Gasteiger partial charge >= 0.3 is 0 Å². The van der Waals surface area contributed by atoms with E-state index in [-0.39, 0.29) is 5.91 Å². The summed E-state index contributed by atoms with van der Waals surface area (Å²) in [6.45, 7) is 0. The fraction of sp³-hybridized carbons (Fsp3) is 0.467. The minimum Gasteiger partial charge on any atom is -0.391 e. The molecule has 1 saturated carbocycles. The van der Waals surface area contributed by atoms with Gasteiger partial charge in [-0.3, -0.25) is 4.79 Å². The van der Waals surface area contributed by atoms with E-state index in [2.05, 4.69) is 5.32 Å². The van der Waals surface area contributed by atoms with Gasteiger partial charge in [0.05, 0.1) is 16.9 Å². The molecule has 0 saturated heterocycles. The van der Waals surface area contributed by atoms with Gasteiger partial charge in [-0.05, 0) is 30.5 Å². The van der Waals surface area contributed by atoms with Gasteiger partial charge in [0.25, 0.3) is 0 Å². The van der Waals surface area contributed by atoms with E-state index in [1.807, 2.05) is 12.1 Å². The average molecular weight is 311 g/mol. The first kappa shape index (κ1) is 15.3. The Morgan fingerprint density at radius 2 is 2.05 bits per heavy atom. The Bertz CT molecular complexity index is 512. The van der Waals surface area contributed by atoms with Crippen molar-refractivity contribution in [2.24, 2.45) is 5.73 Å². The third-order valence-corrected chi connectivity index (χ3v) is 4.44. The molecule has 0 unspecified atom stereocenters. The van der Waals surface area contributed by atoms with Crippen molar-refractivity contribution in [2.75, 3.05) is 0 Å². The third-order valence-electron chi connectivity index (χ3n) is 3.81. The zero-order chi connectivity index (χ0) is 14.6. The molecule has 0 heterocycles. The predicted octanol–water partition coefficient (Wildman–Crippen LogP) is 2.99. The smallest absolute Gasteiger partial charge is 0.225 e. The largest absolute Gasteiger partial charge is 0.391 e. The van der Waals surface area contributed by atoms with Crippen LogP contribution in [0.5, 0.6) is 0 Å². The first-order valence-electron chi connectivity index (χ1n) is 6.87. The molecule has 3 N–H and O–H groups in total. The van der Waals surface area contributed by atoms with E-state index in [1.165, 1.54) is 6.42 Å². The van der Waals surface area contributed by atoms with Gasteiger partial charge in [-0.25, -0.2) is 0 Å². The highest BCUT2D eigenvalue weighted by Gasteiger charge is 2.36. The minimum atomic E-state index is -0.497. The number of nitrogens with two attached hydrogens (primary N) is 1. The number of amides is 1. The Kier molecular flexibility index (Phi) is 5.00. The summed E-state index contributed by atoms with van der Waals surface area (Å²) in [5, 5.41) is 3.69. The lowest BCUT2D eigenvalue weighted by Crippen LogP contribution is -2.58. The van der Waals surface area contributed by atoms with Crippen molar-refractivity contribution >= 4 is 34.7 Å². The summed E-state index contributed by atoms with van der Waals surface area (Å²) in [5.74, 6) is -0.0537. The van der Waals surface area contributed by atoms with Gasteiger partial charge < -0.3 is 11.1 Å². The number of benzene rings is 1. The molecule has 1 amide bonds. The zero-order valence-electron chi connectivity index (χ0n) is 11.3. The summed E-state index contributed by atoms with van der Waals surface area (Å²) in [5.41, 5.74) is 6.26. The zero-order valence-corrected chi connectivity index (χ0v) is 12.9. The highest BCUT2D eigenvalue weighted by atomic mass is 35.5. The van der Waals surface area contributed by atoms with Crippen molar-refractivity contribution in [3.63, 3.8) is 0 Å². The van der Waals surface area contributed by atoms with Gasteiger partial charge in [0.1, 0.15) is 0 Å². The Morgan fingerprint density at radius 3 is 2.65 bits per heavy atom. The van der Waals surface area contributed by atoms with Gasteiger partial charge in [0.2, 0.25) is 5.91 Å². The van der Waals surface area contributed by atoms with Crippen LogP contribution in [-0.2, 0) is 11.2 Å². The van der Waals surface area contributed by atoms with Crippen molar-refractivity contribution in [1.82, 2.24) is 5.32 Å². The minimum absolute atomic E-state index is 0.0537. The van der Waals surface area contributed by atoms with Crippen LogP contribution in [0, 0.1) is 0 Å². The van der Waals surface area contributed by atoms with Crippen LogP contribution < -0.4 is 11.1 Å². The number of hydrogen-bond donors (Lipinski definition) is 2. The molecule has 0 spiro atoms. The molecule has 1 aromatic rings. The Morgan fingerprint density at radius 1 is 1.35 bits per heavy atom. The summed E-state index contributed by atoms with van der Waals surface area (Å²) < 4.78 is 0. The fourth-order valence-corrected chi connectivity index (χ4v) is 3.20. The summed E-state index contributed by atoms with van der Waals surface area (Å²) in [6.07, 6.45) is 5.25. The molecule has 1 aliphatic carbocycles. The number of hydrogen-bond acceptors (Lipinski definition) is 2. The van der Waals surface area contributed by atoms with E-state index in [4.69, 9.17) is 29.6 Å². The van der Waals surface area contributed by atoms with Crippen LogP contribution in [0.2, 0.25) is 5.02 Å². The number of halogens is 1. The van der Waals surface area contributed by atoms with Crippen LogP contribution in [0.1, 0.15) is 37.7 Å². The maximum atomic E-state index is 12.2. The van der Waals surface area contributed by atoms with Crippen LogP contribution in [-0.4, -0.2) is 16.4 Å². The summed E-state index contributed by atoms with van der Waals surface area (Å²) in [4.78, 5) is 12.6. The Labute approximate surface area is 129 Å². The molecular formula is C15H19ClN2OS. The quantitative estimate of drug-likeness (QED) is 0.841. The van der Waals surface area contributed by atoms with Crippen LogP contribution in [0.25, 0.3) is 0 Å². The highest BCUT2D eigenvalue weighted by Crippen LogP contribution is 2.28. The van der Waals surface area contributed by atoms with Crippen molar-refractivity contribution in [3.05, 3.63) is 34.9 Å². The first-order chi connectivity index (χ1) is 9.52. The van der Waals surface area contributed by atoms with Gasteiger partial charge in [-0.1, -0.05) is 55.2 Å². The lowest BCUT2D eigenvalue weighted by molar-refractivity contribution is -0.121. The topological polar surface area (TPSA) is 55.1 Å². The van der Waals surface area contributed by atoms with Crippen LogP contribution >= 0.6 is 23.8 Å². The molecule has 5 heteroatoms. The van der Waals surface area contributed by atoms with Gasteiger partial charge in [-0.15, -0.1) is 0 Å². The lowest BCUT2D eigenvalue weighted by Gasteiger charge is -2.37. The lowest BCUT2D eigenvalue weighted by atomic mass is 9.81. The molecule has 1 aliphatic rings. The average Bonchev–Trinajstić information content (AvgIpc) is 2.39. The molecule has 1 fully saturated rings. The highest BCUT2D eigenvalue weighted by molar-refractivity contribution is 7.80. The van der Waals surface area contributed by atoms with E-state index >= 15 is 0 Å². The van der Waals surface area contributed by atoms with E-state index < -0.39 is 5.54 Å². The molecule has 0 radical (unpaired) electrons. The molecule has 2 rings (SSSR count). The fourth-order valence-electron chi connectivity index (χ4n) is 2.73. The third kappa shape index (κ3) is 3.70. The number of carbonyl (C=O) groups is 1. The van der Waals surface area contributed by atoms with Gasteiger partial charge in [-0.2, -0.15) is 0 Å². The standard InChI is InChI=1S/C15H19ClN2OS/c16-12-6-4-5-11(9-12)10-13(19)18-15(14(17)20)7-2-1-3-8-15/h4-6,9H,1-3,7-8,10H2,(H2,17,20)(H,18,19). The van der Waals surface area contributed by atoms with Gasteiger partial charge in [0, 0.05) is 5.02 Å². The summed E-state index contributed by atoms with van der Waals surface area (Å²) in [7, 11) is 0. The number of rotatable bonds is 4. The van der Waals surface area contributed by atoms with E-state index in [0.717, 1.165) is 31.2 Å². The van der Waals surface area contributed by atoms with Crippen molar-refractivity contribution in [1.29, 1.82) is 0 Å². The van der Waals surface area contributed by atoms with Crippen LogP contribution in [0.4, 0.5) is 0 Å². The SMILES string of the molecule is NC(=S)C1(NC(=O)Cc2cccc(Cl)c2)CCCCC1. The Balaban J connectivity index is 2.03. The Hall–Kier alpha value is -1.13. The van der Waals surface area contributed by atoms with Gasteiger partial charge in [0.15, 0.2) is 0 Å². The molecule has 0 aliphatic heterocycles. The normalized spacial score (nSPS) is 17.4. The second kappa shape index (κ2) is 6.55. The van der Waals surface area contributed by atoms with Crippen molar-refractivity contribution in [3.8, 4) is 0 Å². The molecule has 0 atom stereocenters. The molecule has 20 heavy (non-hydrogen) atoms. The van der Waals surface area contributed by atoms with E-state index in [9.17, 15) is 4.79 Å². The molecule has 0 bridgehead atoms. The van der Waals surface area contributed by atoms with Crippen molar-refractivity contribution in [2.45, 2.75) is 44.1 Å². The van der Waals surface area contributed by atoms with Crippen LogP contribution in [0.15, 0.2) is 24.3 Å². The summed E-state index contributed by atoms with van der Waals surface area (Å²) in [6, 6.07) is 7.32. The second-order valence-electron chi connectivity index (χ2n) is 5.36. The predicted molar refractivity (Wildman–Crippen MR) is 85.9 cm³/mol. The number of carbonyl (C=O) groups excluding carboxylic acids is 1. The maximum absolute atomic E-state index is 12.2. The van der Waals surface area contributed by atoms with Crippen LogP contribution in [0.3, 0.4) is 0 Å². The number of thiocarbonyl (C=S) groups is 1. The first-order valence-corrected chi connectivity index (χ1v) is 7.66. The molecular weight excluding hydrogens is 292 g/mol. The van der Waals surface area contributed by atoms with E-state index in [0.29, 0.717) is 16.4 Å². The monoisotopic (exact) mass is 310 g/mol. The molecule has 108 valence electrons. The van der Waals surface area contributed by atoms with Crippen molar-refractivity contribution < 1.29 is 4.79 Å². The van der Waals surface area contributed by atoms with E-state index in [1.54, 1.807) is 12.1 Å². The molecule has 3 nitrogen and oxygen atoms in total. The summed E-state index contributed by atoms with van der Waals surface area (Å²) >= 11 is 11.1. The molecule has 1 aromatic carbocycles. The second-order valence-corrected chi connectivity index (χ2v) is 6.24.